The average molecular weight is 161 g/mol. The van der Waals surface area contributed by atoms with Crippen LogP contribution in [0.5, 0.6) is 0 Å². The van der Waals surface area contributed by atoms with Crippen molar-refractivity contribution in [3.05, 3.63) is 0 Å². The Balaban J connectivity index is 3.80. The molecule has 3 N–H and O–H groups in total. The molecule has 0 bridgehead atoms. The molecular weight excluding hydrogens is 142 g/mol. The fraction of sp³-hybridized carbons (Fsp3) is 1.00. The maximum absolute atomic E-state index is 3.40. The normalized spacial score (nSPS) is 12.9. The molecule has 0 aromatic carbocycles. The third-order valence-corrected chi connectivity index (χ3v) is 2.87. The molecule has 3 nitrogen and oxygen atoms in total. The second-order valence-electron chi connectivity index (χ2n) is 2.92. The van der Waals surface area contributed by atoms with E-state index >= 15 is 0 Å². The van der Waals surface area contributed by atoms with E-state index in [4.69, 9.17) is 0 Å². The predicted molar refractivity (Wildman–Crippen MR) is 49.1 cm³/mol. The van der Waals surface area contributed by atoms with Crippen molar-refractivity contribution in [3.8, 4) is 0 Å². The first-order valence-electron chi connectivity index (χ1n) is 3.69. The van der Waals surface area contributed by atoms with Gasteiger partial charge in [-0.25, -0.2) is 0 Å². The summed E-state index contributed by atoms with van der Waals surface area (Å²) in [6.07, 6.45) is 0. The van der Waals surface area contributed by atoms with Gasteiger partial charge in [0.2, 0.25) is 0 Å². The zero-order valence-electron chi connectivity index (χ0n) is 7.58. The van der Waals surface area contributed by atoms with Crippen molar-refractivity contribution in [2.75, 3.05) is 14.1 Å². The molecule has 0 saturated heterocycles. The van der Waals surface area contributed by atoms with Crippen LogP contribution >= 0.6 is 0 Å². The first kappa shape index (κ1) is 10.1. The lowest BCUT2D eigenvalue weighted by Gasteiger charge is -2.32. The van der Waals surface area contributed by atoms with E-state index in [0.717, 1.165) is 10.2 Å². The molecule has 0 aliphatic carbocycles. The summed E-state index contributed by atoms with van der Waals surface area (Å²) >= 11 is 0. The highest BCUT2D eigenvalue weighted by molar-refractivity contribution is 6.14. The topological polar surface area (TPSA) is 36.1 Å². The summed E-state index contributed by atoms with van der Waals surface area (Å²) in [4.78, 5) is 0. The SMILES string of the molecule is CNC([SiH3])(NC)NC(C)C. The van der Waals surface area contributed by atoms with Crippen LogP contribution in [0.4, 0.5) is 0 Å². The standard InChI is InChI=1S/C6H19N3Si/c1-5(2)9-6(10,7-3)8-4/h5,7-9H,1-4,10H3. The van der Waals surface area contributed by atoms with Crippen LogP contribution in [0.1, 0.15) is 13.8 Å². The van der Waals surface area contributed by atoms with Crippen LogP contribution < -0.4 is 16.0 Å². The molecular formula is C6H19N3Si. The zero-order chi connectivity index (χ0) is 8.20. The Kier molecular flexibility index (Phi) is 4.11. The minimum Gasteiger partial charge on any atom is -0.294 e. The summed E-state index contributed by atoms with van der Waals surface area (Å²) in [5.74, 6) is 0. The van der Waals surface area contributed by atoms with Gasteiger partial charge in [0.15, 0.2) is 0 Å². The molecule has 0 aliphatic heterocycles. The van der Waals surface area contributed by atoms with Gasteiger partial charge in [-0.05, 0) is 27.9 Å². The van der Waals surface area contributed by atoms with E-state index in [-0.39, 0.29) is 5.41 Å². The lowest BCUT2D eigenvalue weighted by atomic mass is 10.4. The molecule has 0 aliphatic rings. The molecule has 0 radical (unpaired) electrons. The quantitative estimate of drug-likeness (QED) is 0.343. The Hall–Kier alpha value is 0.0969. The lowest BCUT2D eigenvalue weighted by Crippen LogP contribution is -2.66. The van der Waals surface area contributed by atoms with Gasteiger partial charge in [0, 0.05) is 6.04 Å². The van der Waals surface area contributed by atoms with Crippen LogP contribution in [-0.2, 0) is 0 Å². The number of nitrogens with one attached hydrogen (secondary N) is 3. The minimum absolute atomic E-state index is 0.00579. The molecule has 62 valence electrons. The van der Waals surface area contributed by atoms with Crippen LogP contribution in [0.25, 0.3) is 0 Å². The lowest BCUT2D eigenvalue weighted by molar-refractivity contribution is 0.320. The number of hydrogen-bond donors (Lipinski definition) is 3. The van der Waals surface area contributed by atoms with Crippen LogP contribution in [0, 0.1) is 0 Å². The molecule has 0 rings (SSSR count). The summed E-state index contributed by atoms with van der Waals surface area (Å²) in [7, 11) is 4.95. The van der Waals surface area contributed by atoms with Gasteiger partial charge in [0.05, 0.1) is 15.7 Å². The van der Waals surface area contributed by atoms with Gasteiger partial charge in [0.1, 0.15) is 0 Å². The molecule has 0 aromatic rings. The molecule has 0 amide bonds. The summed E-state index contributed by atoms with van der Waals surface area (Å²) in [6.45, 7) is 4.28. The average Bonchev–Trinajstić information content (AvgIpc) is 1.87. The summed E-state index contributed by atoms with van der Waals surface area (Å²) in [6, 6.07) is 0.511. The molecule has 0 aromatic heterocycles. The second kappa shape index (κ2) is 4.08. The largest absolute Gasteiger partial charge is 0.294 e. The van der Waals surface area contributed by atoms with Gasteiger partial charge in [-0.2, -0.15) is 0 Å². The van der Waals surface area contributed by atoms with E-state index in [9.17, 15) is 0 Å². The number of hydrogen-bond acceptors (Lipinski definition) is 3. The zero-order valence-corrected chi connectivity index (χ0v) is 9.58. The van der Waals surface area contributed by atoms with Gasteiger partial charge < -0.3 is 0 Å². The van der Waals surface area contributed by atoms with Crippen molar-refractivity contribution in [3.63, 3.8) is 0 Å². The molecule has 0 fully saturated rings. The third kappa shape index (κ3) is 3.31. The molecule has 0 atom stereocenters. The highest BCUT2D eigenvalue weighted by Gasteiger charge is 2.17. The van der Waals surface area contributed by atoms with Crippen molar-refractivity contribution in [2.45, 2.75) is 25.3 Å². The van der Waals surface area contributed by atoms with Crippen molar-refractivity contribution < 1.29 is 0 Å². The van der Waals surface area contributed by atoms with Crippen molar-refractivity contribution in [1.82, 2.24) is 16.0 Å². The summed E-state index contributed by atoms with van der Waals surface area (Å²) < 4.78 is 0. The smallest absolute Gasteiger partial charge is 0.0968 e. The second-order valence-corrected chi connectivity index (χ2v) is 4.42. The van der Waals surface area contributed by atoms with Crippen molar-refractivity contribution in [1.29, 1.82) is 0 Å². The Morgan fingerprint density at radius 2 is 1.60 bits per heavy atom. The van der Waals surface area contributed by atoms with Crippen LogP contribution in [0.3, 0.4) is 0 Å². The van der Waals surface area contributed by atoms with Gasteiger partial charge in [-0.15, -0.1) is 0 Å². The Labute approximate surface area is 66.4 Å². The molecule has 0 spiro atoms. The maximum Gasteiger partial charge on any atom is 0.0968 e. The maximum atomic E-state index is 3.40. The highest BCUT2D eigenvalue weighted by atomic mass is 28.1. The third-order valence-electron chi connectivity index (χ3n) is 1.58. The highest BCUT2D eigenvalue weighted by Crippen LogP contribution is 1.87. The Bertz CT molecular complexity index is 91.0. The van der Waals surface area contributed by atoms with E-state index in [0.29, 0.717) is 6.04 Å². The first-order valence-corrected chi connectivity index (χ1v) is 4.69. The molecule has 0 unspecified atom stereocenters. The van der Waals surface area contributed by atoms with Gasteiger partial charge >= 0.3 is 0 Å². The Morgan fingerprint density at radius 1 is 1.20 bits per heavy atom. The van der Waals surface area contributed by atoms with Gasteiger partial charge in [-0.3, -0.25) is 16.0 Å². The van der Waals surface area contributed by atoms with E-state index < -0.39 is 0 Å². The molecule has 0 saturated carbocycles. The molecule has 4 heteroatoms. The first-order chi connectivity index (χ1) is 4.54. The summed E-state index contributed by atoms with van der Waals surface area (Å²) in [5, 5.41) is 9.79. The van der Waals surface area contributed by atoms with Crippen LogP contribution in [-0.4, -0.2) is 35.8 Å². The molecule has 10 heavy (non-hydrogen) atoms. The minimum atomic E-state index is -0.00579. The van der Waals surface area contributed by atoms with Gasteiger partial charge in [-0.1, -0.05) is 0 Å². The summed E-state index contributed by atoms with van der Waals surface area (Å²) in [5.41, 5.74) is -0.00579. The monoisotopic (exact) mass is 161 g/mol. The van der Waals surface area contributed by atoms with E-state index in [1.807, 2.05) is 14.1 Å². The van der Waals surface area contributed by atoms with Crippen LogP contribution in [0.15, 0.2) is 0 Å². The van der Waals surface area contributed by atoms with Crippen molar-refractivity contribution >= 4 is 10.2 Å². The Morgan fingerprint density at radius 3 is 1.70 bits per heavy atom. The number of rotatable bonds is 4. The van der Waals surface area contributed by atoms with Gasteiger partial charge in [0.25, 0.3) is 0 Å². The van der Waals surface area contributed by atoms with E-state index in [1.54, 1.807) is 0 Å². The van der Waals surface area contributed by atoms with E-state index in [1.165, 1.54) is 0 Å². The fourth-order valence-electron chi connectivity index (χ4n) is 0.847. The predicted octanol–water partition coefficient (Wildman–Crippen LogP) is -1.60. The van der Waals surface area contributed by atoms with Crippen molar-refractivity contribution in [2.24, 2.45) is 0 Å². The van der Waals surface area contributed by atoms with Crippen LogP contribution in [0.2, 0.25) is 0 Å². The fourth-order valence-corrected chi connectivity index (χ4v) is 1.42. The molecule has 0 heterocycles. The van der Waals surface area contributed by atoms with E-state index in [2.05, 4.69) is 29.8 Å².